The number of nitrogens with one attached hydrogen (secondary N) is 1. The Balaban J connectivity index is 1.95. The van der Waals surface area contributed by atoms with E-state index in [-0.39, 0.29) is 5.75 Å². The largest absolute Gasteiger partial charge is 0.497 e. The van der Waals surface area contributed by atoms with Crippen molar-refractivity contribution in [1.82, 2.24) is 0 Å². The summed E-state index contributed by atoms with van der Waals surface area (Å²) in [4.78, 5) is 1.51. The Kier molecular flexibility index (Phi) is 6.21. The van der Waals surface area contributed by atoms with Gasteiger partial charge in [-0.1, -0.05) is 28.1 Å². The highest BCUT2D eigenvalue weighted by atomic mass is 79.9. The zero-order chi connectivity index (χ0) is 16.9. The summed E-state index contributed by atoms with van der Waals surface area (Å²) in [5.74, 6) is 0.947. The minimum atomic E-state index is -3.24. The van der Waals surface area contributed by atoms with Crippen LogP contribution >= 0.6 is 15.9 Å². The number of halogens is 1. The Morgan fingerprint density at radius 2 is 1.83 bits per heavy atom. The van der Waals surface area contributed by atoms with Gasteiger partial charge in [-0.25, -0.2) is 8.42 Å². The SMILES string of the molecule is COc1cccc(C[NH+](C)CCS(=O)(=O)c2ccc(Br)cc2)c1. The second kappa shape index (κ2) is 7.95. The number of hydrogen-bond donors (Lipinski definition) is 1. The number of ether oxygens (including phenoxy) is 1. The predicted octanol–water partition coefficient (Wildman–Crippen LogP) is 1.95. The molecule has 0 radical (unpaired) electrons. The fraction of sp³-hybridized carbons (Fsp3) is 0.294. The molecule has 2 aromatic carbocycles. The number of methoxy groups -OCH3 is 1. The first kappa shape index (κ1) is 18.0. The van der Waals surface area contributed by atoms with Crippen LogP contribution in [0.25, 0.3) is 0 Å². The summed E-state index contributed by atoms with van der Waals surface area (Å²) < 4.78 is 30.8. The first-order valence-electron chi connectivity index (χ1n) is 7.33. The molecule has 1 N–H and O–H groups in total. The molecule has 2 aromatic rings. The first-order valence-corrected chi connectivity index (χ1v) is 9.78. The van der Waals surface area contributed by atoms with E-state index in [4.69, 9.17) is 4.74 Å². The number of rotatable bonds is 7. The molecule has 0 aliphatic heterocycles. The van der Waals surface area contributed by atoms with Crippen molar-refractivity contribution in [3.05, 3.63) is 58.6 Å². The van der Waals surface area contributed by atoms with Crippen LogP contribution in [0.4, 0.5) is 0 Å². The van der Waals surface area contributed by atoms with Crippen molar-refractivity contribution in [2.45, 2.75) is 11.4 Å². The van der Waals surface area contributed by atoms with Crippen molar-refractivity contribution in [3.8, 4) is 5.75 Å². The summed E-state index contributed by atoms with van der Waals surface area (Å²) in [6.07, 6.45) is 0. The average molecular weight is 399 g/mol. The number of quaternary nitrogens is 1. The molecule has 1 unspecified atom stereocenters. The van der Waals surface area contributed by atoms with Crippen LogP contribution in [0.5, 0.6) is 5.75 Å². The van der Waals surface area contributed by atoms with Crippen molar-refractivity contribution >= 4 is 25.8 Å². The lowest BCUT2D eigenvalue weighted by Crippen LogP contribution is -3.08. The van der Waals surface area contributed by atoms with Crippen LogP contribution in [-0.4, -0.2) is 34.9 Å². The molecule has 23 heavy (non-hydrogen) atoms. The van der Waals surface area contributed by atoms with Gasteiger partial charge in [0, 0.05) is 10.0 Å². The summed E-state index contributed by atoms with van der Waals surface area (Å²) in [6.45, 7) is 1.31. The van der Waals surface area contributed by atoms with Crippen LogP contribution in [0, 0.1) is 0 Å². The molecule has 124 valence electrons. The summed E-state index contributed by atoms with van der Waals surface area (Å²) in [5, 5.41) is 0. The average Bonchev–Trinajstić information content (AvgIpc) is 2.54. The molecule has 0 spiro atoms. The Labute approximate surface area is 146 Å². The second-order valence-corrected chi connectivity index (χ2v) is 8.53. The fourth-order valence-electron chi connectivity index (χ4n) is 2.29. The predicted molar refractivity (Wildman–Crippen MR) is 94.6 cm³/mol. The molecule has 0 aliphatic carbocycles. The third-order valence-corrected chi connectivity index (χ3v) is 5.87. The lowest BCUT2D eigenvalue weighted by molar-refractivity contribution is -0.891. The second-order valence-electron chi connectivity index (χ2n) is 5.51. The third-order valence-electron chi connectivity index (χ3n) is 3.61. The van der Waals surface area contributed by atoms with Gasteiger partial charge in [0.15, 0.2) is 9.84 Å². The lowest BCUT2D eigenvalue weighted by atomic mass is 10.2. The van der Waals surface area contributed by atoms with Gasteiger partial charge in [-0.3, -0.25) is 0 Å². The van der Waals surface area contributed by atoms with E-state index in [0.717, 1.165) is 27.2 Å². The van der Waals surface area contributed by atoms with E-state index < -0.39 is 9.84 Å². The topological polar surface area (TPSA) is 47.8 Å². The van der Waals surface area contributed by atoms with E-state index in [1.54, 1.807) is 31.4 Å². The molecule has 0 saturated carbocycles. The van der Waals surface area contributed by atoms with Gasteiger partial charge < -0.3 is 9.64 Å². The normalized spacial score (nSPS) is 12.8. The Bertz CT molecular complexity index is 745. The fourth-order valence-corrected chi connectivity index (χ4v) is 3.96. The quantitative estimate of drug-likeness (QED) is 0.775. The van der Waals surface area contributed by atoms with E-state index in [1.807, 2.05) is 31.3 Å². The molecule has 0 fully saturated rings. The van der Waals surface area contributed by atoms with E-state index >= 15 is 0 Å². The molecule has 0 amide bonds. The van der Waals surface area contributed by atoms with Crippen LogP contribution in [0.2, 0.25) is 0 Å². The number of benzene rings is 2. The Hall–Kier alpha value is -1.37. The highest BCUT2D eigenvalue weighted by Crippen LogP contribution is 2.15. The molecule has 2 rings (SSSR count). The van der Waals surface area contributed by atoms with Gasteiger partial charge in [-0.2, -0.15) is 0 Å². The standard InChI is InChI=1S/C17H20BrNO3S/c1-19(13-14-4-3-5-16(12-14)22-2)10-11-23(20,21)17-8-6-15(18)7-9-17/h3-9,12H,10-11,13H2,1-2H3/p+1. The van der Waals surface area contributed by atoms with Crippen LogP contribution < -0.4 is 9.64 Å². The summed E-state index contributed by atoms with van der Waals surface area (Å²) in [6, 6.07) is 14.6. The van der Waals surface area contributed by atoms with Crippen LogP contribution in [0.1, 0.15) is 5.56 Å². The summed E-state index contributed by atoms with van der Waals surface area (Å²) in [7, 11) is 0.392. The van der Waals surface area contributed by atoms with Gasteiger partial charge in [0.1, 0.15) is 18.0 Å². The lowest BCUT2D eigenvalue weighted by Gasteiger charge is -2.14. The zero-order valence-electron chi connectivity index (χ0n) is 13.3. The highest BCUT2D eigenvalue weighted by Gasteiger charge is 2.17. The zero-order valence-corrected chi connectivity index (χ0v) is 15.7. The molecule has 6 heteroatoms. The van der Waals surface area contributed by atoms with Crippen molar-refractivity contribution < 1.29 is 18.1 Å². The van der Waals surface area contributed by atoms with E-state index in [2.05, 4.69) is 15.9 Å². The summed E-state index contributed by atoms with van der Waals surface area (Å²) >= 11 is 3.31. The highest BCUT2D eigenvalue weighted by molar-refractivity contribution is 9.10. The van der Waals surface area contributed by atoms with Crippen molar-refractivity contribution in [1.29, 1.82) is 0 Å². The molecule has 0 aromatic heterocycles. The maximum absolute atomic E-state index is 12.4. The van der Waals surface area contributed by atoms with Crippen LogP contribution in [-0.2, 0) is 16.4 Å². The van der Waals surface area contributed by atoms with Gasteiger partial charge in [-0.05, 0) is 36.4 Å². The third kappa shape index (κ3) is 5.34. The van der Waals surface area contributed by atoms with Crippen molar-refractivity contribution in [2.24, 2.45) is 0 Å². The van der Waals surface area contributed by atoms with Gasteiger partial charge in [0.05, 0.1) is 25.6 Å². The van der Waals surface area contributed by atoms with Crippen LogP contribution in [0.3, 0.4) is 0 Å². The minimum absolute atomic E-state index is 0.129. The minimum Gasteiger partial charge on any atom is -0.497 e. The van der Waals surface area contributed by atoms with Gasteiger partial charge in [-0.15, -0.1) is 0 Å². The molecule has 4 nitrogen and oxygen atoms in total. The molecule has 1 atom stereocenters. The van der Waals surface area contributed by atoms with Crippen LogP contribution in [0.15, 0.2) is 57.9 Å². The van der Waals surface area contributed by atoms with Crippen molar-refractivity contribution in [2.75, 3.05) is 26.5 Å². The van der Waals surface area contributed by atoms with Gasteiger partial charge in [0.2, 0.25) is 0 Å². The molecular formula is C17H21BrNO3S+. The van der Waals surface area contributed by atoms with E-state index in [9.17, 15) is 8.42 Å². The maximum Gasteiger partial charge on any atom is 0.183 e. The van der Waals surface area contributed by atoms with E-state index in [1.165, 1.54) is 0 Å². The smallest absolute Gasteiger partial charge is 0.183 e. The summed E-state index contributed by atoms with van der Waals surface area (Å²) in [5.41, 5.74) is 1.13. The first-order chi connectivity index (χ1) is 10.9. The molecule has 0 bridgehead atoms. The molecule has 0 heterocycles. The van der Waals surface area contributed by atoms with Gasteiger partial charge in [0.25, 0.3) is 0 Å². The number of hydrogen-bond acceptors (Lipinski definition) is 3. The monoisotopic (exact) mass is 398 g/mol. The van der Waals surface area contributed by atoms with E-state index in [0.29, 0.717) is 11.4 Å². The number of sulfone groups is 1. The Morgan fingerprint density at radius 1 is 1.13 bits per heavy atom. The van der Waals surface area contributed by atoms with Gasteiger partial charge >= 0.3 is 0 Å². The molecular weight excluding hydrogens is 378 g/mol. The maximum atomic E-state index is 12.4. The molecule has 0 saturated heterocycles. The van der Waals surface area contributed by atoms with Crippen molar-refractivity contribution in [3.63, 3.8) is 0 Å². The Morgan fingerprint density at radius 3 is 2.48 bits per heavy atom. The molecule has 0 aliphatic rings.